The lowest BCUT2D eigenvalue weighted by Gasteiger charge is -2.56. The van der Waals surface area contributed by atoms with Crippen molar-refractivity contribution in [1.29, 1.82) is 0 Å². The van der Waals surface area contributed by atoms with Crippen LogP contribution in [0.5, 0.6) is 0 Å². The van der Waals surface area contributed by atoms with Crippen LogP contribution in [0.3, 0.4) is 0 Å². The summed E-state index contributed by atoms with van der Waals surface area (Å²) in [6, 6.07) is 0. The molecule has 2 heteroatoms. The van der Waals surface area contributed by atoms with Crippen LogP contribution in [-0.4, -0.2) is 10.7 Å². The summed E-state index contributed by atoms with van der Waals surface area (Å²) >= 11 is 3.43. The highest BCUT2D eigenvalue weighted by molar-refractivity contribution is 9.11. The number of hydrogen-bond donors (Lipinski definition) is 1. The largest absolute Gasteiger partial charge is 0.385 e. The van der Waals surface area contributed by atoms with Crippen molar-refractivity contribution in [2.24, 2.45) is 29.1 Å². The molecule has 4 rings (SSSR count). The highest BCUT2D eigenvalue weighted by atomic mass is 79.9. The van der Waals surface area contributed by atoms with Crippen LogP contribution in [-0.2, 0) is 0 Å². The summed E-state index contributed by atoms with van der Waals surface area (Å²) < 4.78 is 0. The second kappa shape index (κ2) is 6.02. The van der Waals surface area contributed by atoms with E-state index in [2.05, 4.69) is 35.0 Å². The van der Waals surface area contributed by atoms with Crippen molar-refractivity contribution < 1.29 is 5.11 Å². The van der Waals surface area contributed by atoms with Gasteiger partial charge in [0.05, 0.1) is 5.60 Å². The van der Waals surface area contributed by atoms with Crippen LogP contribution in [0.2, 0.25) is 0 Å². The Hall–Kier alpha value is -0.0800. The molecule has 3 saturated carbocycles. The van der Waals surface area contributed by atoms with Crippen molar-refractivity contribution in [3.8, 4) is 0 Å². The maximum Gasteiger partial charge on any atom is 0.0894 e. The van der Waals surface area contributed by atoms with Crippen molar-refractivity contribution in [1.82, 2.24) is 0 Å². The molecule has 0 amide bonds. The van der Waals surface area contributed by atoms with Gasteiger partial charge in [0.1, 0.15) is 0 Å². The molecule has 1 nitrogen and oxygen atoms in total. The molecule has 0 unspecified atom stereocenters. The number of rotatable bonds is 2. The topological polar surface area (TPSA) is 20.2 Å². The lowest BCUT2D eigenvalue weighted by Crippen LogP contribution is -2.53. The van der Waals surface area contributed by atoms with Gasteiger partial charge in [-0.1, -0.05) is 34.5 Å². The van der Waals surface area contributed by atoms with Crippen molar-refractivity contribution in [3.63, 3.8) is 0 Å². The van der Waals surface area contributed by atoms with E-state index in [1.54, 1.807) is 5.57 Å². The molecule has 0 aromatic heterocycles. The Morgan fingerprint density at radius 3 is 2.87 bits per heavy atom. The molecular weight excluding hydrogens is 348 g/mol. The highest BCUT2D eigenvalue weighted by Crippen LogP contribution is 2.66. The van der Waals surface area contributed by atoms with Crippen molar-refractivity contribution >= 4 is 15.9 Å². The van der Waals surface area contributed by atoms with Gasteiger partial charge in [-0.3, -0.25) is 0 Å². The summed E-state index contributed by atoms with van der Waals surface area (Å²) in [6.07, 6.45) is 17.4. The van der Waals surface area contributed by atoms with E-state index in [-0.39, 0.29) is 5.41 Å². The highest BCUT2D eigenvalue weighted by Gasteiger charge is 2.62. The first-order valence-corrected chi connectivity index (χ1v) is 10.8. The Labute approximate surface area is 149 Å². The van der Waals surface area contributed by atoms with Crippen LogP contribution in [0.4, 0.5) is 0 Å². The number of fused-ring (bicyclic) bond motifs is 5. The third-order valence-electron chi connectivity index (χ3n) is 8.25. The second-order valence-electron chi connectivity index (χ2n) is 8.59. The average molecular weight is 379 g/mol. The van der Waals surface area contributed by atoms with E-state index >= 15 is 0 Å². The monoisotopic (exact) mass is 378 g/mol. The van der Waals surface area contributed by atoms with Gasteiger partial charge in [-0.15, -0.1) is 0 Å². The molecule has 6 atom stereocenters. The SMILES string of the molecule is CC[C@]12CC[C@H]3[C@@H](CCC4=CCCC[C@@H]43)[C@@H]1CC[C@@]2(O)/C=C/Br. The Morgan fingerprint density at radius 2 is 2.09 bits per heavy atom. The van der Waals surface area contributed by atoms with E-state index in [4.69, 9.17) is 0 Å². The fourth-order valence-electron chi connectivity index (χ4n) is 7.27. The molecule has 0 radical (unpaired) electrons. The fourth-order valence-corrected chi connectivity index (χ4v) is 7.71. The number of halogens is 1. The van der Waals surface area contributed by atoms with Gasteiger partial charge in [0, 0.05) is 5.41 Å². The lowest BCUT2D eigenvalue weighted by atomic mass is 9.49. The molecule has 0 aromatic carbocycles. The van der Waals surface area contributed by atoms with Gasteiger partial charge in [-0.25, -0.2) is 0 Å². The summed E-state index contributed by atoms with van der Waals surface area (Å²) in [4.78, 5) is 1.90. The molecule has 23 heavy (non-hydrogen) atoms. The van der Waals surface area contributed by atoms with E-state index < -0.39 is 5.60 Å². The minimum atomic E-state index is -0.580. The predicted molar refractivity (Wildman–Crippen MR) is 99.3 cm³/mol. The quantitative estimate of drug-likeness (QED) is 0.585. The Bertz CT molecular complexity index is 524. The van der Waals surface area contributed by atoms with Crippen molar-refractivity contribution in [2.75, 3.05) is 0 Å². The van der Waals surface area contributed by atoms with Gasteiger partial charge >= 0.3 is 0 Å². The number of aliphatic hydroxyl groups is 1. The summed E-state index contributed by atoms with van der Waals surface area (Å²) in [5.74, 6) is 3.40. The number of hydrogen-bond acceptors (Lipinski definition) is 1. The normalized spacial score (nSPS) is 49.4. The zero-order chi connectivity index (χ0) is 16.1. The molecule has 0 spiro atoms. The van der Waals surface area contributed by atoms with Gasteiger partial charge < -0.3 is 5.11 Å². The molecule has 128 valence electrons. The van der Waals surface area contributed by atoms with Crippen molar-refractivity contribution in [2.45, 2.75) is 76.7 Å². The maximum absolute atomic E-state index is 11.4. The first kappa shape index (κ1) is 16.4. The first-order chi connectivity index (χ1) is 11.1. The predicted octanol–water partition coefficient (Wildman–Crippen LogP) is 5.98. The minimum Gasteiger partial charge on any atom is -0.385 e. The molecule has 0 bridgehead atoms. The standard InChI is InChI=1S/C21H31BrO/c1-2-20-11-9-17-16-6-4-3-5-15(16)7-8-18(17)19(20)10-12-21(20,23)13-14-22/h5,13-14,16-19,23H,2-4,6-12H2,1H3/b14-13+/t16-,17+,18+,19-,20-,21+/m0/s1. The summed E-state index contributed by atoms with van der Waals surface area (Å²) in [5, 5.41) is 11.4. The van der Waals surface area contributed by atoms with Crippen LogP contribution in [0.1, 0.15) is 71.1 Å². The van der Waals surface area contributed by atoms with E-state index in [0.29, 0.717) is 0 Å². The first-order valence-electron chi connectivity index (χ1n) is 9.84. The molecule has 0 aliphatic heterocycles. The summed E-state index contributed by atoms with van der Waals surface area (Å²) in [6.45, 7) is 2.32. The van der Waals surface area contributed by atoms with E-state index in [0.717, 1.165) is 36.5 Å². The molecule has 4 aliphatic carbocycles. The summed E-state index contributed by atoms with van der Waals surface area (Å²) in [5.41, 5.74) is 1.35. The van der Waals surface area contributed by atoms with Gasteiger partial charge in [0.15, 0.2) is 0 Å². The lowest BCUT2D eigenvalue weighted by molar-refractivity contribution is -0.104. The van der Waals surface area contributed by atoms with E-state index in [1.807, 2.05) is 4.99 Å². The Morgan fingerprint density at radius 1 is 1.22 bits per heavy atom. The minimum absolute atomic E-state index is 0.133. The molecule has 0 heterocycles. The summed E-state index contributed by atoms with van der Waals surface area (Å²) in [7, 11) is 0. The zero-order valence-corrected chi connectivity index (χ0v) is 16.0. The Balaban J connectivity index is 1.67. The third kappa shape index (κ3) is 2.27. The smallest absolute Gasteiger partial charge is 0.0894 e. The maximum atomic E-state index is 11.4. The molecule has 1 N–H and O–H groups in total. The van der Waals surface area contributed by atoms with E-state index in [1.165, 1.54) is 51.4 Å². The van der Waals surface area contributed by atoms with Gasteiger partial charge in [0.2, 0.25) is 0 Å². The molecule has 0 aromatic rings. The number of allylic oxidation sites excluding steroid dienone is 2. The molecule has 3 fully saturated rings. The Kier molecular flexibility index (Phi) is 4.29. The third-order valence-corrected chi connectivity index (χ3v) is 8.52. The molecule has 0 saturated heterocycles. The van der Waals surface area contributed by atoms with Crippen LogP contribution < -0.4 is 0 Å². The van der Waals surface area contributed by atoms with Gasteiger partial charge in [0.25, 0.3) is 0 Å². The zero-order valence-electron chi connectivity index (χ0n) is 14.4. The van der Waals surface area contributed by atoms with Crippen LogP contribution in [0.15, 0.2) is 22.7 Å². The van der Waals surface area contributed by atoms with Crippen LogP contribution in [0.25, 0.3) is 0 Å². The van der Waals surface area contributed by atoms with Gasteiger partial charge in [-0.05, 0) is 98.9 Å². The second-order valence-corrected chi connectivity index (χ2v) is 9.12. The van der Waals surface area contributed by atoms with Crippen LogP contribution >= 0.6 is 15.9 Å². The average Bonchev–Trinajstić information content (AvgIpc) is 2.88. The van der Waals surface area contributed by atoms with Gasteiger partial charge in [-0.2, -0.15) is 0 Å². The molecule has 4 aliphatic rings. The van der Waals surface area contributed by atoms with E-state index in [9.17, 15) is 5.11 Å². The molecular formula is C21H31BrO. The van der Waals surface area contributed by atoms with Crippen LogP contribution in [0, 0.1) is 29.1 Å². The fraction of sp³-hybridized carbons (Fsp3) is 0.810. The van der Waals surface area contributed by atoms with Crippen molar-refractivity contribution in [3.05, 3.63) is 22.7 Å².